The van der Waals surface area contributed by atoms with Crippen LogP contribution in [0.15, 0.2) is 0 Å². The molecule has 37 heavy (non-hydrogen) atoms. The number of esters is 1. The largest absolute Gasteiger partial charge is 0.466 e. The normalized spacial score (nSPS) is 21.6. The molecule has 2 rings (SSSR count). The van der Waals surface area contributed by atoms with Crippen LogP contribution in [-0.4, -0.2) is 42.8 Å². The Morgan fingerprint density at radius 2 is 1.43 bits per heavy atom. The summed E-state index contributed by atoms with van der Waals surface area (Å²) in [6, 6.07) is 0. The molecule has 5 nitrogen and oxygen atoms in total. The third-order valence-electron chi connectivity index (χ3n) is 8.69. The summed E-state index contributed by atoms with van der Waals surface area (Å²) < 4.78 is 17.8. The van der Waals surface area contributed by atoms with Crippen molar-refractivity contribution in [1.82, 2.24) is 0 Å². The maximum Gasteiger partial charge on any atom is 0.305 e. The molecule has 1 N–H and O–H groups in total. The number of unbranched alkanes of at least 4 members (excludes halogenated alkanes) is 12. The van der Waals surface area contributed by atoms with Crippen molar-refractivity contribution in [3.8, 4) is 0 Å². The van der Waals surface area contributed by atoms with Gasteiger partial charge in [0.25, 0.3) is 0 Å². The Morgan fingerprint density at radius 1 is 0.811 bits per heavy atom. The van der Waals surface area contributed by atoms with E-state index in [-0.39, 0.29) is 17.9 Å². The van der Waals surface area contributed by atoms with E-state index in [4.69, 9.17) is 14.2 Å². The van der Waals surface area contributed by atoms with Gasteiger partial charge in [-0.1, -0.05) is 97.3 Å². The summed E-state index contributed by atoms with van der Waals surface area (Å²) in [5, 5.41) is 10.4. The van der Waals surface area contributed by atoms with Gasteiger partial charge < -0.3 is 19.3 Å². The highest BCUT2D eigenvalue weighted by Crippen LogP contribution is 2.50. The number of ether oxygens (including phenoxy) is 3. The molecule has 2 aliphatic rings. The lowest BCUT2D eigenvalue weighted by Gasteiger charge is -2.32. The number of aliphatic hydroxyl groups is 1. The van der Waals surface area contributed by atoms with Gasteiger partial charge in [-0.25, -0.2) is 0 Å². The predicted molar refractivity (Wildman–Crippen MR) is 152 cm³/mol. The van der Waals surface area contributed by atoms with E-state index in [2.05, 4.69) is 13.8 Å². The second-order valence-corrected chi connectivity index (χ2v) is 11.8. The van der Waals surface area contributed by atoms with E-state index in [0.29, 0.717) is 38.1 Å². The highest BCUT2D eigenvalue weighted by Gasteiger charge is 2.51. The summed E-state index contributed by atoms with van der Waals surface area (Å²) in [4.78, 5) is 12.0. The fourth-order valence-corrected chi connectivity index (χ4v) is 6.42. The van der Waals surface area contributed by atoms with Crippen molar-refractivity contribution in [3.63, 3.8) is 0 Å². The molecule has 1 heterocycles. The third-order valence-corrected chi connectivity index (χ3v) is 8.69. The zero-order valence-corrected chi connectivity index (χ0v) is 24.5. The van der Waals surface area contributed by atoms with E-state index in [1.807, 2.05) is 0 Å². The number of hydrogen-bond donors (Lipinski definition) is 1. The highest BCUT2D eigenvalue weighted by molar-refractivity contribution is 5.69. The van der Waals surface area contributed by atoms with Crippen molar-refractivity contribution >= 4 is 5.97 Å². The van der Waals surface area contributed by atoms with Crippen LogP contribution in [0.25, 0.3) is 0 Å². The number of hydrogen-bond acceptors (Lipinski definition) is 5. The molecule has 1 aliphatic heterocycles. The first kappa shape index (κ1) is 32.6. The van der Waals surface area contributed by atoms with Crippen LogP contribution in [0.1, 0.15) is 155 Å². The fraction of sp³-hybridized carbons (Fsp3) is 0.969. The molecule has 1 saturated heterocycles. The Bertz CT molecular complexity index is 559. The van der Waals surface area contributed by atoms with Gasteiger partial charge in [-0.2, -0.15) is 0 Å². The second kappa shape index (κ2) is 20.3. The van der Waals surface area contributed by atoms with Crippen LogP contribution in [-0.2, 0) is 19.0 Å². The summed E-state index contributed by atoms with van der Waals surface area (Å²) in [6.07, 6.45) is 24.5. The zero-order chi connectivity index (χ0) is 26.6. The lowest BCUT2D eigenvalue weighted by Crippen LogP contribution is -2.36. The molecule has 0 aromatic heterocycles. The van der Waals surface area contributed by atoms with Gasteiger partial charge in [-0.3, -0.25) is 4.79 Å². The minimum Gasteiger partial charge on any atom is -0.466 e. The van der Waals surface area contributed by atoms with Gasteiger partial charge in [0.05, 0.1) is 25.9 Å². The van der Waals surface area contributed by atoms with Crippen LogP contribution < -0.4 is 0 Å². The van der Waals surface area contributed by atoms with E-state index < -0.39 is 0 Å². The molecular weight excluding hydrogens is 464 g/mol. The molecule has 1 aliphatic carbocycles. The van der Waals surface area contributed by atoms with E-state index >= 15 is 0 Å². The van der Waals surface area contributed by atoms with E-state index in [0.717, 1.165) is 77.0 Å². The fourth-order valence-electron chi connectivity index (χ4n) is 6.42. The number of carbonyl (C=O) groups excluding carboxylic acids is 1. The Hall–Kier alpha value is -0.650. The van der Waals surface area contributed by atoms with Crippen molar-refractivity contribution < 1.29 is 24.1 Å². The smallest absolute Gasteiger partial charge is 0.305 e. The number of aliphatic hydroxyl groups excluding tert-OH is 1. The molecule has 0 aromatic rings. The zero-order valence-electron chi connectivity index (χ0n) is 24.5. The van der Waals surface area contributed by atoms with Crippen LogP contribution in [0.4, 0.5) is 0 Å². The van der Waals surface area contributed by atoms with Gasteiger partial charge >= 0.3 is 5.97 Å². The topological polar surface area (TPSA) is 65.0 Å². The second-order valence-electron chi connectivity index (χ2n) is 11.8. The minimum atomic E-state index is -0.364. The molecule has 1 saturated carbocycles. The summed E-state index contributed by atoms with van der Waals surface area (Å²) in [5.74, 6) is 0.639. The van der Waals surface area contributed by atoms with Crippen molar-refractivity contribution in [1.29, 1.82) is 0 Å². The number of carbonyl (C=O) groups is 1. The molecule has 0 radical (unpaired) electrons. The lowest BCUT2D eigenvalue weighted by atomic mass is 9.84. The summed E-state index contributed by atoms with van der Waals surface area (Å²) in [7, 11) is 0. The molecule has 0 unspecified atom stereocenters. The van der Waals surface area contributed by atoms with Crippen molar-refractivity contribution in [2.24, 2.45) is 11.8 Å². The van der Waals surface area contributed by atoms with Crippen molar-refractivity contribution in [2.75, 3.05) is 19.8 Å². The Kier molecular flexibility index (Phi) is 17.8. The van der Waals surface area contributed by atoms with Crippen LogP contribution in [0.5, 0.6) is 0 Å². The third kappa shape index (κ3) is 13.3. The Balaban J connectivity index is 1.54. The molecule has 5 heteroatoms. The first-order chi connectivity index (χ1) is 18.1. The van der Waals surface area contributed by atoms with Crippen LogP contribution >= 0.6 is 0 Å². The molecule has 218 valence electrons. The average molecular weight is 525 g/mol. The van der Waals surface area contributed by atoms with Gasteiger partial charge in [0.15, 0.2) is 5.79 Å². The van der Waals surface area contributed by atoms with E-state index in [1.165, 1.54) is 57.8 Å². The van der Waals surface area contributed by atoms with Crippen molar-refractivity contribution in [2.45, 2.75) is 167 Å². The molecule has 3 atom stereocenters. The van der Waals surface area contributed by atoms with Gasteiger partial charge in [0.2, 0.25) is 0 Å². The quantitative estimate of drug-likeness (QED) is 0.107. The number of rotatable bonds is 23. The van der Waals surface area contributed by atoms with Gasteiger partial charge in [-0.05, 0) is 50.9 Å². The lowest BCUT2D eigenvalue weighted by molar-refractivity contribution is -0.188. The van der Waals surface area contributed by atoms with Crippen molar-refractivity contribution in [3.05, 3.63) is 0 Å². The molecule has 2 fully saturated rings. The Labute approximate surface area is 228 Å². The van der Waals surface area contributed by atoms with Crippen LogP contribution in [0.3, 0.4) is 0 Å². The molecular formula is C32H60O5. The first-order valence-corrected chi connectivity index (χ1v) is 16.2. The monoisotopic (exact) mass is 524 g/mol. The maximum atomic E-state index is 12.0. The predicted octanol–water partition coefficient (Wildman–Crippen LogP) is 8.50. The van der Waals surface area contributed by atoms with Gasteiger partial charge in [-0.15, -0.1) is 0 Å². The average Bonchev–Trinajstić information content (AvgIpc) is 3.51. The standard InChI is InChI=1S/C32H60O5/c1-3-5-7-8-9-10-13-17-25-35-31(34)20-16-12-11-15-19-30-28(21-22-29(33)18-14-6-4-2)23-24-32(30)36-26-27-37-32/h28-30,33H,3-27H2,1-2H3/t28-,29-,30+/m0/s1. The summed E-state index contributed by atoms with van der Waals surface area (Å²) >= 11 is 0. The molecule has 0 bridgehead atoms. The summed E-state index contributed by atoms with van der Waals surface area (Å²) in [5.41, 5.74) is 0. The SMILES string of the molecule is CCCCCCCCCCOC(=O)CCCCCC[C@@H]1[C@@H](CC[C@@H](O)CCCCC)CCC12OCCO2. The van der Waals surface area contributed by atoms with E-state index in [1.54, 1.807) is 0 Å². The summed E-state index contributed by atoms with van der Waals surface area (Å²) in [6.45, 7) is 6.47. The minimum absolute atomic E-state index is 0.0250. The van der Waals surface area contributed by atoms with E-state index in [9.17, 15) is 9.90 Å². The molecule has 0 aromatic carbocycles. The van der Waals surface area contributed by atoms with Gasteiger partial charge in [0, 0.05) is 18.8 Å². The molecule has 1 spiro atoms. The first-order valence-electron chi connectivity index (χ1n) is 16.2. The Morgan fingerprint density at radius 3 is 2.16 bits per heavy atom. The molecule has 0 amide bonds. The maximum absolute atomic E-state index is 12.0. The van der Waals surface area contributed by atoms with Crippen LogP contribution in [0.2, 0.25) is 0 Å². The highest BCUT2D eigenvalue weighted by atomic mass is 16.7. The van der Waals surface area contributed by atoms with Crippen LogP contribution in [0, 0.1) is 11.8 Å². The van der Waals surface area contributed by atoms with Gasteiger partial charge in [0.1, 0.15) is 0 Å².